The fourth-order valence-electron chi connectivity index (χ4n) is 3.75. The molecular formula is C19H16N4O2S. The van der Waals surface area contributed by atoms with Crippen LogP contribution in [0.25, 0.3) is 10.9 Å². The van der Waals surface area contributed by atoms with Crippen LogP contribution in [-0.4, -0.2) is 45.5 Å². The van der Waals surface area contributed by atoms with Gasteiger partial charge >= 0.3 is 0 Å². The fraction of sp³-hybridized carbons (Fsp3) is 0.211. The van der Waals surface area contributed by atoms with E-state index >= 15 is 0 Å². The average Bonchev–Trinajstić information content (AvgIpc) is 3.29. The standard InChI is InChI=1S/C19H16N4O2S/c24-18-11-23(20-9-12-4-3-7-26-12)19(25)17-8-14-13-5-1-2-6-15(13)21-16(14)10-22(17)18/h1-7,9,17,21H,8,10-11H2/b20-9+/t17-/m0/s1. The second-order valence-corrected chi connectivity index (χ2v) is 7.50. The van der Waals surface area contributed by atoms with Gasteiger partial charge in [-0.05, 0) is 23.1 Å². The van der Waals surface area contributed by atoms with E-state index in [9.17, 15) is 9.59 Å². The lowest BCUT2D eigenvalue weighted by Crippen LogP contribution is -2.60. The van der Waals surface area contributed by atoms with Gasteiger partial charge in [0.1, 0.15) is 12.6 Å². The molecule has 0 spiro atoms. The molecule has 4 heterocycles. The summed E-state index contributed by atoms with van der Waals surface area (Å²) in [6.07, 6.45) is 2.17. The Morgan fingerprint density at radius 2 is 2.04 bits per heavy atom. The normalized spacial score (nSPS) is 20.1. The zero-order valence-corrected chi connectivity index (χ0v) is 14.7. The van der Waals surface area contributed by atoms with Gasteiger partial charge in [0.25, 0.3) is 5.91 Å². The molecule has 2 aromatic heterocycles. The molecular weight excluding hydrogens is 348 g/mol. The highest BCUT2D eigenvalue weighted by Crippen LogP contribution is 2.32. The third-order valence-electron chi connectivity index (χ3n) is 5.02. The van der Waals surface area contributed by atoms with Crippen molar-refractivity contribution in [2.75, 3.05) is 6.54 Å². The number of fused-ring (bicyclic) bond motifs is 4. The Morgan fingerprint density at radius 3 is 2.88 bits per heavy atom. The summed E-state index contributed by atoms with van der Waals surface area (Å²) in [4.78, 5) is 31.6. The van der Waals surface area contributed by atoms with Crippen molar-refractivity contribution in [3.8, 4) is 0 Å². The largest absolute Gasteiger partial charge is 0.357 e. The van der Waals surface area contributed by atoms with Crippen molar-refractivity contribution < 1.29 is 9.59 Å². The summed E-state index contributed by atoms with van der Waals surface area (Å²) in [6, 6.07) is 11.4. The van der Waals surface area contributed by atoms with Crippen LogP contribution in [0.15, 0.2) is 46.9 Å². The summed E-state index contributed by atoms with van der Waals surface area (Å²) in [5.74, 6) is -0.185. The lowest BCUT2D eigenvalue weighted by molar-refractivity contribution is -0.157. The molecule has 26 heavy (non-hydrogen) atoms. The lowest BCUT2D eigenvalue weighted by Gasteiger charge is -2.40. The van der Waals surface area contributed by atoms with E-state index in [-0.39, 0.29) is 18.4 Å². The van der Waals surface area contributed by atoms with E-state index in [0.29, 0.717) is 13.0 Å². The molecule has 2 aliphatic rings. The number of rotatable bonds is 2. The number of hydrazone groups is 1. The Balaban J connectivity index is 1.48. The first kappa shape index (κ1) is 15.3. The highest BCUT2D eigenvalue weighted by Gasteiger charge is 2.43. The van der Waals surface area contributed by atoms with Crippen molar-refractivity contribution in [3.63, 3.8) is 0 Å². The van der Waals surface area contributed by atoms with Crippen LogP contribution in [0.1, 0.15) is 16.1 Å². The van der Waals surface area contributed by atoms with E-state index in [1.165, 1.54) is 5.01 Å². The van der Waals surface area contributed by atoms with Crippen LogP contribution in [-0.2, 0) is 22.6 Å². The number of benzene rings is 1. The summed E-state index contributed by atoms with van der Waals surface area (Å²) in [7, 11) is 0. The van der Waals surface area contributed by atoms with Crippen LogP contribution in [0.3, 0.4) is 0 Å². The van der Waals surface area contributed by atoms with Gasteiger partial charge in [0.05, 0.1) is 12.8 Å². The van der Waals surface area contributed by atoms with Gasteiger partial charge < -0.3 is 9.88 Å². The minimum atomic E-state index is -0.483. The van der Waals surface area contributed by atoms with E-state index in [1.54, 1.807) is 22.5 Å². The molecule has 5 rings (SSSR count). The molecule has 1 N–H and O–H groups in total. The van der Waals surface area contributed by atoms with Crippen molar-refractivity contribution in [3.05, 3.63) is 57.9 Å². The van der Waals surface area contributed by atoms with Crippen LogP contribution < -0.4 is 0 Å². The van der Waals surface area contributed by atoms with Gasteiger partial charge in [-0.2, -0.15) is 5.10 Å². The second-order valence-electron chi connectivity index (χ2n) is 6.53. The van der Waals surface area contributed by atoms with Crippen LogP contribution in [0.2, 0.25) is 0 Å². The quantitative estimate of drug-likeness (QED) is 0.709. The number of aromatic amines is 1. The molecule has 0 radical (unpaired) electrons. The highest BCUT2D eigenvalue weighted by molar-refractivity contribution is 7.11. The molecule has 1 saturated heterocycles. The Bertz CT molecular complexity index is 1040. The highest BCUT2D eigenvalue weighted by atomic mass is 32.1. The lowest BCUT2D eigenvalue weighted by atomic mass is 9.94. The van der Waals surface area contributed by atoms with Gasteiger partial charge in [-0.25, -0.2) is 5.01 Å². The first-order valence-electron chi connectivity index (χ1n) is 8.47. The molecule has 3 aromatic rings. The van der Waals surface area contributed by atoms with Gasteiger partial charge in [-0.15, -0.1) is 11.3 Å². The van der Waals surface area contributed by atoms with E-state index < -0.39 is 6.04 Å². The monoisotopic (exact) mass is 364 g/mol. The molecule has 0 aliphatic carbocycles. The zero-order chi connectivity index (χ0) is 17.7. The van der Waals surface area contributed by atoms with Crippen molar-refractivity contribution in [2.24, 2.45) is 5.10 Å². The number of nitrogens with zero attached hydrogens (tertiary/aromatic N) is 3. The van der Waals surface area contributed by atoms with E-state index in [4.69, 9.17) is 0 Å². The fourth-order valence-corrected chi connectivity index (χ4v) is 4.33. The van der Waals surface area contributed by atoms with Crippen LogP contribution in [0.5, 0.6) is 0 Å². The number of hydrogen-bond acceptors (Lipinski definition) is 4. The number of thiophene rings is 1. The summed E-state index contributed by atoms with van der Waals surface area (Å²) >= 11 is 1.54. The van der Waals surface area contributed by atoms with Crippen molar-refractivity contribution in [1.82, 2.24) is 14.9 Å². The Hall–Kier alpha value is -2.93. The molecule has 6 nitrogen and oxygen atoms in total. The number of H-pyrrole nitrogens is 1. The van der Waals surface area contributed by atoms with Crippen LogP contribution >= 0.6 is 11.3 Å². The number of carbonyl (C=O) groups excluding carboxylic acids is 2. The van der Waals surface area contributed by atoms with Crippen LogP contribution in [0, 0.1) is 0 Å². The van der Waals surface area contributed by atoms with Crippen LogP contribution in [0.4, 0.5) is 0 Å². The maximum absolute atomic E-state index is 12.9. The summed E-state index contributed by atoms with van der Waals surface area (Å²) in [6.45, 7) is 0.439. The van der Waals surface area contributed by atoms with Crippen molar-refractivity contribution >= 4 is 40.3 Å². The molecule has 1 atom stereocenters. The summed E-state index contributed by atoms with van der Waals surface area (Å²) < 4.78 is 0. The number of piperazine rings is 1. The third kappa shape index (κ3) is 2.35. The minimum absolute atomic E-state index is 0.00717. The summed E-state index contributed by atoms with van der Waals surface area (Å²) in [5, 5.41) is 8.65. The molecule has 7 heteroatoms. The van der Waals surface area contributed by atoms with Gasteiger partial charge in [0.15, 0.2) is 0 Å². The van der Waals surface area contributed by atoms with Gasteiger partial charge in [-0.3, -0.25) is 9.59 Å². The van der Waals surface area contributed by atoms with Crippen molar-refractivity contribution in [2.45, 2.75) is 19.0 Å². The Morgan fingerprint density at radius 1 is 1.15 bits per heavy atom. The molecule has 2 amide bonds. The number of carbonyl (C=O) groups is 2. The zero-order valence-electron chi connectivity index (χ0n) is 13.9. The molecule has 2 aliphatic heterocycles. The smallest absolute Gasteiger partial charge is 0.266 e. The summed E-state index contributed by atoms with van der Waals surface area (Å²) in [5.41, 5.74) is 3.20. The molecule has 1 aromatic carbocycles. The third-order valence-corrected chi connectivity index (χ3v) is 5.82. The first-order valence-corrected chi connectivity index (χ1v) is 9.35. The molecule has 130 valence electrons. The molecule has 0 bridgehead atoms. The maximum atomic E-state index is 12.9. The predicted molar refractivity (Wildman–Crippen MR) is 100.0 cm³/mol. The molecule has 0 unspecified atom stereocenters. The van der Waals surface area contributed by atoms with E-state index in [1.807, 2.05) is 35.7 Å². The van der Waals surface area contributed by atoms with Gasteiger partial charge in [0.2, 0.25) is 5.91 Å². The topological polar surface area (TPSA) is 68.8 Å². The maximum Gasteiger partial charge on any atom is 0.266 e. The van der Waals surface area contributed by atoms with E-state index in [0.717, 1.165) is 27.0 Å². The number of para-hydroxylation sites is 1. The van der Waals surface area contributed by atoms with E-state index in [2.05, 4.69) is 16.2 Å². The first-order chi connectivity index (χ1) is 12.7. The number of amides is 2. The number of nitrogens with one attached hydrogen (secondary N) is 1. The molecule has 0 saturated carbocycles. The Labute approximate surface area is 153 Å². The SMILES string of the molecule is O=C1[C@@H]2Cc3c([nH]c4ccccc34)CN2C(=O)CN1/N=C/c1cccs1. The van der Waals surface area contributed by atoms with Gasteiger partial charge in [0, 0.05) is 27.9 Å². The van der Waals surface area contributed by atoms with Crippen molar-refractivity contribution in [1.29, 1.82) is 0 Å². The number of hydrogen-bond donors (Lipinski definition) is 1. The van der Waals surface area contributed by atoms with Gasteiger partial charge in [-0.1, -0.05) is 24.3 Å². The minimum Gasteiger partial charge on any atom is -0.357 e. The predicted octanol–water partition coefficient (Wildman–Crippen LogP) is 2.36. The number of aromatic nitrogens is 1. The molecule has 1 fully saturated rings. The second kappa shape index (κ2) is 5.81. The average molecular weight is 364 g/mol. The Kier molecular flexibility index (Phi) is 3.43.